The van der Waals surface area contributed by atoms with Crippen LogP contribution in [0.25, 0.3) is 0 Å². The number of amides is 1. The third-order valence-electron chi connectivity index (χ3n) is 14.9. The molecule has 424 valence electrons. The molecule has 1 heterocycles. The van der Waals surface area contributed by atoms with E-state index >= 15 is 9.90 Å². The van der Waals surface area contributed by atoms with Gasteiger partial charge >= 0.3 is 5.97 Å². The Bertz CT molecular complexity index is 2230. The van der Waals surface area contributed by atoms with Crippen molar-refractivity contribution in [3.05, 3.63) is 128 Å². The summed E-state index contributed by atoms with van der Waals surface area (Å²) in [4.78, 5) is 30.6. The molecule has 9 nitrogen and oxygen atoms in total. The number of allylic oxidation sites excluding steroid dienone is 14. The number of ether oxygens (including phenoxy) is 2. The summed E-state index contributed by atoms with van der Waals surface area (Å²) in [6, 6.07) is 0. The lowest BCUT2D eigenvalue weighted by Gasteiger charge is -2.74. The molecule has 0 aliphatic carbocycles. The summed E-state index contributed by atoms with van der Waals surface area (Å²) in [5.41, 5.74) is -5.31. The van der Waals surface area contributed by atoms with Crippen molar-refractivity contribution in [1.29, 1.82) is 0 Å². The van der Waals surface area contributed by atoms with Gasteiger partial charge in [0.05, 0.1) is 0 Å². The molecule has 1 aliphatic heterocycles. The molecular weight excluding hydrogens is 935 g/mol. The van der Waals surface area contributed by atoms with Gasteiger partial charge in [0.25, 0.3) is 0 Å². The lowest BCUT2D eigenvalue weighted by atomic mass is 9.48. The molecule has 0 saturated carbocycles. The Balaban J connectivity index is 6.19. The second-order valence-corrected chi connectivity index (χ2v) is 24.9. The van der Waals surface area contributed by atoms with E-state index in [9.17, 15) is 20.1 Å². The first kappa shape index (κ1) is 68.9. The number of aliphatic carboxylic acids is 1. The van der Waals surface area contributed by atoms with Crippen molar-refractivity contribution >= 4 is 11.9 Å². The summed E-state index contributed by atoms with van der Waals surface area (Å²) in [6.45, 7) is 44.3. The van der Waals surface area contributed by atoms with Crippen molar-refractivity contribution < 1.29 is 39.5 Å². The van der Waals surface area contributed by atoms with E-state index in [1.165, 1.54) is 6.92 Å². The number of carboxylic acid groups (broad SMARTS) is 1. The molecular formula is C66H107NO8. The van der Waals surface area contributed by atoms with Crippen LogP contribution in [0.4, 0.5) is 0 Å². The molecule has 0 aromatic heterocycles. The molecule has 1 unspecified atom stereocenters. The minimum absolute atomic E-state index is 0.0428. The zero-order valence-electron chi connectivity index (χ0n) is 51.6. The Kier molecular flexibility index (Phi) is 26.2. The van der Waals surface area contributed by atoms with Gasteiger partial charge in [0.1, 0.15) is 27.9 Å². The van der Waals surface area contributed by atoms with E-state index in [0.29, 0.717) is 0 Å². The smallest absolute Gasteiger partial charge is 0.336 e. The second kappa shape index (κ2) is 28.5. The number of aliphatic hydroxyl groups is 3. The fourth-order valence-corrected chi connectivity index (χ4v) is 10.5. The van der Waals surface area contributed by atoms with Crippen molar-refractivity contribution in [1.82, 2.24) is 5.32 Å². The first-order valence-corrected chi connectivity index (χ1v) is 27.4. The predicted molar refractivity (Wildman–Crippen MR) is 316 cm³/mol. The average Bonchev–Trinajstić information content (AvgIpc) is 3.27. The second-order valence-electron chi connectivity index (χ2n) is 24.9. The fourth-order valence-electron chi connectivity index (χ4n) is 10.5. The molecule has 0 aromatic rings. The average molecular weight is 1040 g/mol. The lowest BCUT2D eigenvalue weighted by Crippen LogP contribution is -2.94. The van der Waals surface area contributed by atoms with E-state index in [4.69, 9.17) is 9.47 Å². The predicted octanol–water partition coefficient (Wildman–Crippen LogP) is 16.3. The number of hydrogen-bond donors (Lipinski definition) is 5. The third kappa shape index (κ3) is 16.7. The van der Waals surface area contributed by atoms with Crippen molar-refractivity contribution in [3.63, 3.8) is 0 Å². The first-order valence-electron chi connectivity index (χ1n) is 27.4. The molecule has 5 N–H and O–H groups in total. The quantitative estimate of drug-likeness (QED) is 0.0487. The molecule has 0 spiro atoms. The normalized spacial score (nSPS) is 23.1. The largest absolute Gasteiger partial charge is 0.479 e. The fraction of sp³-hybridized carbons (Fsp3) is 0.636. The lowest BCUT2D eigenvalue weighted by molar-refractivity contribution is -0.468. The summed E-state index contributed by atoms with van der Waals surface area (Å²) >= 11 is 0. The third-order valence-corrected chi connectivity index (χ3v) is 14.9. The zero-order valence-corrected chi connectivity index (χ0v) is 51.6. The van der Waals surface area contributed by atoms with E-state index in [1.807, 2.05) is 201 Å². The van der Waals surface area contributed by atoms with Gasteiger partial charge in [0, 0.05) is 44.4 Å². The number of carboxylic acids is 1. The van der Waals surface area contributed by atoms with E-state index in [1.54, 1.807) is 0 Å². The van der Waals surface area contributed by atoms with E-state index in [0.717, 1.165) is 61.3 Å². The molecule has 1 rings (SSSR count). The topological polar surface area (TPSA) is 146 Å². The number of hydrogen-bond acceptors (Lipinski definition) is 7. The summed E-state index contributed by atoms with van der Waals surface area (Å²) in [7, 11) is 0. The Hall–Kier alpha value is -4.12. The number of nitrogens with one attached hydrogen (secondary N) is 1. The highest BCUT2D eigenvalue weighted by molar-refractivity contribution is 5.80. The van der Waals surface area contributed by atoms with Gasteiger partial charge in [0.15, 0.2) is 11.4 Å². The molecule has 75 heavy (non-hydrogen) atoms. The van der Waals surface area contributed by atoms with Gasteiger partial charge in [-0.2, -0.15) is 0 Å². The molecule has 6 atom stereocenters. The SMILES string of the molecule is CC(=O)N[C@@]1(CC=C(C)C)C(O)(CC=C(C)C)O[C@](CC=C(C)C)(C(O)(CC=C(C)C)CC=C(C)C)[C@](O)(CC=C(C)C)[C@]1(CC=C(C)C)O[C@@](CC=C(C)C)(C(=O)O)C(CC=C(C)C)(CC=C(C)C)CC=C(C)C. The number of carbonyl (C=O) groups is 2. The van der Waals surface area contributed by atoms with E-state index in [2.05, 4.69) is 23.5 Å². The van der Waals surface area contributed by atoms with Gasteiger partial charge < -0.3 is 35.2 Å². The van der Waals surface area contributed by atoms with Crippen molar-refractivity contribution in [2.24, 2.45) is 5.41 Å². The standard InChI is InChI=1S/C66H107NO8/c1-46(2)24-35-59(36-25-47(3)4,37-26-48(5)6)61(58(69)70,40-29-51(11)12)74-65(44-33-55(19)20)62(67-57(23)68,41-30-52(13)14)66(73,45-34-56(21)22)75-64(43-32-54(17)18,63(65,72)42-31-53(15)16)60(71,38-27-49(7)8)39-28-50(9)10/h24-34,71-73H,35-45H2,1-23H3,(H,67,68)(H,69,70)/t61-,62+,63+,64+,65+,66?/m0/s1. The maximum atomic E-state index is 15.8. The van der Waals surface area contributed by atoms with Crippen LogP contribution < -0.4 is 5.32 Å². The monoisotopic (exact) mass is 1040 g/mol. The van der Waals surface area contributed by atoms with Crippen LogP contribution in [0.3, 0.4) is 0 Å². The summed E-state index contributed by atoms with van der Waals surface area (Å²) in [5.74, 6) is -4.40. The Morgan fingerprint density at radius 2 is 0.760 bits per heavy atom. The molecule has 1 fully saturated rings. The van der Waals surface area contributed by atoms with E-state index in [-0.39, 0.29) is 70.6 Å². The van der Waals surface area contributed by atoms with Crippen LogP contribution in [0.2, 0.25) is 0 Å². The minimum atomic E-state index is -2.56. The Morgan fingerprint density at radius 3 is 1.12 bits per heavy atom. The first-order chi connectivity index (χ1) is 34.4. The highest BCUT2D eigenvalue weighted by Crippen LogP contribution is 2.67. The van der Waals surface area contributed by atoms with Crippen molar-refractivity contribution in [3.8, 4) is 0 Å². The van der Waals surface area contributed by atoms with Crippen molar-refractivity contribution in [2.75, 3.05) is 0 Å². The molecule has 1 saturated heterocycles. The molecule has 9 heteroatoms. The summed E-state index contributed by atoms with van der Waals surface area (Å²) < 4.78 is 16.3. The highest BCUT2D eigenvalue weighted by Gasteiger charge is 2.85. The van der Waals surface area contributed by atoms with Gasteiger partial charge in [-0.3, -0.25) is 4.79 Å². The van der Waals surface area contributed by atoms with Gasteiger partial charge in [-0.1, -0.05) is 128 Å². The van der Waals surface area contributed by atoms with Gasteiger partial charge in [0.2, 0.25) is 5.91 Å². The van der Waals surface area contributed by atoms with Crippen LogP contribution in [0.5, 0.6) is 0 Å². The van der Waals surface area contributed by atoms with Gasteiger partial charge in [-0.15, -0.1) is 0 Å². The van der Waals surface area contributed by atoms with E-state index < -0.39 is 56.6 Å². The summed E-state index contributed by atoms with van der Waals surface area (Å²) in [5, 5.41) is 61.3. The highest BCUT2D eigenvalue weighted by atomic mass is 16.7. The Morgan fingerprint density at radius 1 is 0.440 bits per heavy atom. The van der Waals surface area contributed by atoms with Crippen molar-refractivity contribution in [2.45, 2.75) is 269 Å². The molecule has 0 bridgehead atoms. The number of rotatable bonds is 28. The van der Waals surface area contributed by atoms with Crippen LogP contribution in [-0.4, -0.2) is 71.6 Å². The minimum Gasteiger partial charge on any atom is -0.479 e. The molecule has 0 aromatic carbocycles. The van der Waals surface area contributed by atoms with Crippen LogP contribution in [0.1, 0.15) is 230 Å². The van der Waals surface area contributed by atoms with Crippen LogP contribution >= 0.6 is 0 Å². The maximum Gasteiger partial charge on any atom is 0.336 e. The Labute approximate surface area is 457 Å². The van der Waals surface area contributed by atoms with Gasteiger partial charge in [-0.05, 0) is 191 Å². The summed E-state index contributed by atoms with van der Waals surface area (Å²) in [6.07, 6.45) is 20.9. The maximum absolute atomic E-state index is 15.8. The van der Waals surface area contributed by atoms with Crippen LogP contribution in [-0.2, 0) is 19.1 Å². The number of carbonyl (C=O) groups excluding carboxylic acids is 1. The molecule has 1 amide bonds. The zero-order chi connectivity index (χ0) is 58.2. The molecule has 0 radical (unpaired) electrons. The van der Waals surface area contributed by atoms with Crippen LogP contribution in [0, 0.1) is 5.41 Å². The van der Waals surface area contributed by atoms with Crippen LogP contribution in [0.15, 0.2) is 128 Å². The molecule has 1 aliphatic rings. The van der Waals surface area contributed by atoms with Gasteiger partial charge in [-0.25, -0.2) is 4.79 Å².